The first kappa shape index (κ1) is 15.4. The molecule has 0 unspecified atom stereocenters. The Labute approximate surface area is 129 Å². The summed E-state index contributed by atoms with van der Waals surface area (Å²) in [7, 11) is 3.11. The number of ketones is 1. The summed E-state index contributed by atoms with van der Waals surface area (Å²) >= 11 is 6.08. The Balaban J connectivity index is 2.47. The number of halogens is 1. The number of methoxy groups -OCH3 is 2. The lowest BCUT2D eigenvalue weighted by atomic mass is 9.97. The van der Waals surface area contributed by atoms with E-state index in [4.69, 9.17) is 21.1 Å². The molecule has 4 heteroatoms. The van der Waals surface area contributed by atoms with Gasteiger partial charge in [-0.05, 0) is 55.3 Å². The van der Waals surface area contributed by atoms with Crippen LogP contribution in [0.3, 0.4) is 0 Å². The molecule has 0 radical (unpaired) electrons. The molecule has 0 spiro atoms. The van der Waals surface area contributed by atoms with Gasteiger partial charge in [0.1, 0.15) is 0 Å². The Bertz CT molecular complexity index is 693. The maximum atomic E-state index is 12.7. The van der Waals surface area contributed by atoms with Crippen LogP contribution >= 0.6 is 11.6 Å². The smallest absolute Gasteiger partial charge is 0.193 e. The van der Waals surface area contributed by atoms with Crippen molar-refractivity contribution < 1.29 is 14.3 Å². The first-order valence-electron chi connectivity index (χ1n) is 6.51. The maximum Gasteiger partial charge on any atom is 0.193 e. The average Bonchev–Trinajstić information content (AvgIpc) is 2.49. The predicted molar refractivity (Wildman–Crippen MR) is 83.9 cm³/mol. The lowest BCUT2D eigenvalue weighted by Crippen LogP contribution is -2.05. The highest BCUT2D eigenvalue weighted by molar-refractivity contribution is 6.31. The van der Waals surface area contributed by atoms with Crippen LogP contribution in [-0.2, 0) is 0 Å². The molecule has 2 aromatic rings. The molecule has 2 aromatic carbocycles. The average molecular weight is 305 g/mol. The van der Waals surface area contributed by atoms with Crippen LogP contribution in [-0.4, -0.2) is 20.0 Å². The van der Waals surface area contributed by atoms with Gasteiger partial charge in [-0.1, -0.05) is 11.6 Å². The quantitative estimate of drug-likeness (QED) is 0.794. The summed E-state index contributed by atoms with van der Waals surface area (Å²) in [5, 5.41) is 0.663. The number of carbonyl (C=O) groups is 1. The molecule has 2 rings (SSSR count). The van der Waals surface area contributed by atoms with Crippen LogP contribution < -0.4 is 9.47 Å². The molecule has 0 saturated carbocycles. The van der Waals surface area contributed by atoms with Crippen molar-refractivity contribution >= 4 is 17.4 Å². The maximum absolute atomic E-state index is 12.7. The molecule has 0 atom stereocenters. The molecule has 21 heavy (non-hydrogen) atoms. The van der Waals surface area contributed by atoms with E-state index in [2.05, 4.69) is 0 Å². The van der Waals surface area contributed by atoms with Crippen molar-refractivity contribution in [2.75, 3.05) is 14.2 Å². The van der Waals surface area contributed by atoms with Crippen LogP contribution in [0.25, 0.3) is 0 Å². The largest absolute Gasteiger partial charge is 0.493 e. The number of carbonyl (C=O) groups excluding carboxylic acids is 1. The molecule has 0 aliphatic heterocycles. The van der Waals surface area contributed by atoms with Gasteiger partial charge >= 0.3 is 0 Å². The van der Waals surface area contributed by atoms with Gasteiger partial charge in [0.05, 0.1) is 14.2 Å². The van der Waals surface area contributed by atoms with E-state index in [1.165, 1.54) is 0 Å². The molecular weight excluding hydrogens is 288 g/mol. The van der Waals surface area contributed by atoms with Gasteiger partial charge in [-0.2, -0.15) is 0 Å². The summed E-state index contributed by atoms with van der Waals surface area (Å²) in [4.78, 5) is 12.7. The summed E-state index contributed by atoms with van der Waals surface area (Å²) in [6, 6.07) is 8.77. The first-order chi connectivity index (χ1) is 9.97. The zero-order valence-electron chi connectivity index (χ0n) is 12.5. The Morgan fingerprint density at radius 3 is 2.24 bits per heavy atom. The van der Waals surface area contributed by atoms with Crippen molar-refractivity contribution in [2.24, 2.45) is 0 Å². The van der Waals surface area contributed by atoms with Crippen molar-refractivity contribution in [3.8, 4) is 11.5 Å². The van der Waals surface area contributed by atoms with Crippen molar-refractivity contribution in [3.63, 3.8) is 0 Å². The summed E-state index contributed by atoms with van der Waals surface area (Å²) in [5.74, 6) is 1.07. The fourth-order valence-electron chi connectivity index (χ4n) is 2.16. The van der Waals surface area contributed by atoms with Crippen LogP contribution in [0.15, 0.2) is 30.3 Å². The second-order valence-corrected chi connectivity index (χ2v) is 5.22. The summed E-state index contributed by atoms with van der Waals surface area (Å²) in [5.41, 5.74) is 2.93. The number of aryl methyl sites for hydroxylation is 2. The van der Waals surface area contributed by atoms with E-state index in [9.17, 15) is 4.79 Å². The molecule has 0 fully saturated rings. The molecule has 0 N–H and O–H groups in total. The number of hydrogen-bond donors (Lipinski definition) is 0. The van der Waals surface area contributed by atoms with Crippen molar-refractivity contribution in [2.45, 2.75) is 13.8 Å². The van der Waals surface area contributed by atoms with Crippen LogP contribution in [0.2, 0.25) is 5.02 Å². The van der Waals surface area contributed by atoms with Gasteiger partial charge in [-0.15, -0.1) is 0 Å². The number of ether oxygens (including phenoxy) is 2. The van der Waals surface area contributed by atoms with Crippen molar-refractivity contribution in [1.29, 1.82) is 0 Å². The normalized spacial score (nSPS) is 10.3. The third-order valence-electron chi connectivity index (χ3n) is 3.40. The molecule has 0 bridgehead atoms. The van der Waals surface area contributed by atoms with Gasteiger partial charge in [0.2, 0.25) is 0 Å². The van der Waals surface area contributed by atoms with E-state index in [0.29, 0.717) is 27.6 Å². The Hall–Kier alpha value is -2.00. The number of hydrogen-bond acceptors (Lipinski definition) is 3. The molecule has 0 amide bonds. The highest BCUT2D eigenvalue weighted by Crippen LogP contribution is 2.29. The molecule has 0 saturated heterocycles. The minimum atomic E-state index is -0.0618. The fourth-order valence-corrected chi connectivity index (χ4v) is 2.38. The molecule has 0 aromatic heterocycles. The highest BCUT2D eigenvalue weighted by atomic mass is 35.5. The van der Waals surface area contributed by atoms with Crippen LogP contribution in [0, 0.1) is 13.8 Å². The van der Waals surface area contributed by atoms with E-state index in [0.717, 1.165) is 11.1 Å². The highest BCUT2D eigenvalue weighted by Gasteiger charge is 2.15. The summed E-state index contributed by atoms with van der Waals surface area (Å²) in [6.07, 6.45) is 0. The fraction of sp³-hybridized carbons (Fsp3) is 0.235. The second kappa shape index (κ2) is 6.19. The van der Waals surface area contributed by atoms with Crippen LogP contribution in [0.1, 0.15) is 27.0 Å². The molecular formula is C17H17ClO3. The second-order valence-electron chi connectivity index (χ2n) is 4.82. The van der Waals surface area contributed by atoms with E-state index in [1.54, 1.807) is 32.4 Å². The lowest BCUT2D eigenvalue weighted by Gasteiger charge is -2.11. The monoisotopic (exact) mass is 304 g/mol. The standard InChI is InChI=1S/C17H17ClO3/c1-10-8-14(18)11(2)7-13(10)17(19)12-5-6-15(20-3)16(9-12)21-4/h5-9H,1-4H3. The molecule has 0 heterocycles. The minimum Gasteiger partial charge on any atom is -0.493 e. The SMILES string of the molecule is COc1ccc(C(=O)c2cc(C)c(Cl)cc2C)cc1OC. The zero-order valence-corrected chi connectivity index (χ0v) is 13.2. The van der Waals surface area contributed by atoms with Gasteiger partial charge < -0.3 is 9.47 Å². The van der Waals surface area contributed by atoms with Gasteiger partial charge in [0.15, 0.2) is 17.3 Å². The Kier molecular flexibility index (Phi) is 4.53. The van der Waals surface area contributed by atoms with E-state index >= 15 is 0 Å². The predicted octanol–water partition coefficient (Wildman–Crippen LogP) is 4.21. The molecule has 0 aliphatic carbocycles. The zero-order chi connectivity index (χ0) is 15.6. The minimum absolute atomic E-state index is 0.0618. The molecule has 3 nitrogen and oxygen atoms in total. The number of benzene rings is 2. The molecule has 110 valence electrons. The van der Waals surface area contributed by atoms with E-state index in [-0.39, 0.29) is 5.78 Å². The van der Waals surface area contributed by atoms with Gasteiger partial charge in [0.25, 0.3) is 0 Å². The van der Waals surface area contributed by atoms with E-state index < -0.39 is 0 Å². The van der Waals surface area contributed by atoms with E-state index in [1.807, 2.05) is 26.0 Å². The summed E-state index contributed by atoms with van der Waals surface area (Å²) in [6.45, 7) is 3.76. The topological polar surface area (TPSA) is 35.5 Å². The van der Waals surface area contributed by atoms with Crippen LogP contribution in [0.5, 0.6) is 11.5 Å². The lowest BCUT2D eigenvalue weighted by molar-refractivity contribution is 0.103. The Morgan fingerprint density at radius 1 is 0.952 bits per heavy atom. The first-order valence-corrected chi connectivity index (χ1v) is 6.89. The van der Waals surface area contributed by atoms with Crippen molar-refractivity contribution in [3.05, 3.63) is 57.6 Å². The molecule has 0 aliphatic rings. The third-order valence-corrected chi connectivity index (χ3v) is 3.80. The third kappa shape index (κ3) is 3.03. The van der Waals surface area contributed by atoms with Gasteiger partial charge in [-0.3, -0.25) is 4.79 Å². The van der Waals surface area contributed by atoms with Crippen molar-refractivity contribution in [1.82, 2.24) is 0 Å². The van der Waals surface area contributed by atoms with Crippen LogP contribution in [0.4, 0.5) is 0 Å². The number of rotatable bonds is 4. The Morgan fingerprint density at radius 2 is 1.62 bits per heavy atom. The van der Waals surface area contributed by atoms with Gasteiger partial charge in [0, 0.05) is 16.1 Å². The van der Waals surface area contributed by atoms with Gasteiger partial charge in [-0.25, -0.2) is 0 Å². The summed E-state index contributed by atoms with van der Waals surface area (Å²) < 4.78 is 10.4.